The number of carbonyl (C=O) groups excluding carboxylic acids is 4. The normalized spacial score (nSPS) is 14.7. The Kier molecular flexibility index (Phi) is 3.94. The van der Waals surface area contributed by atoms with Gasteiger partial charge in [-0.05, 0) is 30.3 Å². The van der Waals surface area contributed by atoms with E-state index >= 15 is 0 Å². The third-order valence-electron chi connectivity index (χ3n) is 3.22. The first kappa shape index (κ1) is 15.2. The number of hydrogen-bond acceptors (Lipinski definition) is 6. The molecule has 0 saturated carbocycles. The molecule has 24 heavy (non-hydrogen) atoms. The fourth-order valence-corrected chi connectivity index (χ4v) is 2.07. The molecule has 1 heterocycles. The first-order valence-electron chi connectivity index (χ1n) is 6.78. The van der Waals surface area contributed by atoms with Crippen LogP contribution in [0.2, 0.25) is 0 Å². The Morgan fingerprint density at radius 3 is 1.54 bits per heavy atom. The lowest BCUT2D eigenvalue weighted by Gasteiger charge is -2.09. The number of carbonyl (C=O) groups is 4. The van der Waals surface area contributed by atoms with E-state index in [1.54, 1.807) is 0 Å². The Bertz CT molecular complexity index is 795. The van der Waals surface area contributed by atoms with Gasteiger partial charge in [0.05, 0.1) is 22.3 Å². The highest BCUT2D eigenvalue weighted by molar-refractivity contribution is 6.07. The van der Waals surface area contributed by atoms with Crippen molar-refractivity contribution in [2.75, 3.05) is 0 Å². The monoisotopic (exact) mass is 326 g/mol. The summed E-state index contributed by atoms with van der Waals surface area (Å²) in [6, 6.07) is 11.2. The van der Waals surface area contributed by atoms with Crippen molar-refractivity contribution in [3.05, 3.63) is 70.8 Å². The first-order valence-corrected chi connectivity index (χ1v) is 6.78. The number of benzene rings is 2. The van der Waals surface area contributed by atoms with Crippen molar-refractivity contribution in [2.24, 2.45) is 0 Å². The fourth-order valence-electron chi connectivity index (χ4n) is 2.07. The van der Waals surface area contributed by atoms with E-state index in [0.29, 0.717) is 0 Å². The molecule has 8 heteroatoms. The summed E-state index contributed by atoms with van der Waals surface area (Å²) in [5.41, 5.74) is 3.91. The van der Waals surface area contributed by atoms with Gasteiger partial charge < -0.3 is 9.68 Å². The molecule has 1 aliphatic rings. The minimum Gasteiger partial charge on any atom is -0.335 e. The molecule has 2 amide bonds. The Morgan fingerprint density at radius 1 is 0.625 bits per heavy atom. The van der Waals surface area contributed by atoms with Crippen LogP contribution in [0.1, 0.15) is 41.4 Å². The van der Waals surface area contributed by atoms with Crippen molar-refractivity contribution in [3.63, 3.8) is 0 Å². The molecule has 0 aliphatic carbocycles. The highest BCUT2D eigenvalue weighted by Gasteiger charge is 2.21. The van der Waals surface area contributed by atoms with E-state index in [1.807, 2.05) is 11.0 Å². The predicted octanol–water partition coefficient (Wildman–Crippen LogP) is 1.00. The Labute approximate surface area is 135 Å². The maximum atomic E-state index is 12.1. The van der Waals surface area contributed by atoms with E-state index < -0.39 is 23.8 Å². The number of hydrogen-bond donors (Lipinski definition) is 2. The van der Waals surface area contributed by atoms with E-state index in [2.05, 4.69) is 0 Å². The molecule has 1 aliphatic heterocycles. The van der Waals surface area contributed by atoms with Crippen LogP contribution in [-0.2, 0) is 9.68 Å². The standard InChI is InChI=1S/C16H10N2O6/c19-13-11-6-1-2-7-12(11)14(20)18-24-16(22)10-5-3-4-9(8-10)15(21)23-17-13/h1-8H,(H,17,19)(H,18,20). The van der Waals surface area contributed by atoms with Crippen LogP contribution in [0.25, 0.3) is 0 Å². The summed E-state index contributed by atoms with van der Waals surface area (Å²) in [7, 11) is 0. The van der Waals surface area contributed by atoms with Gasteiger partial charge in [-0.2, -0.15) is 11.0 Å². The van der Waals surface area contributed by atoms with Gasteiger partial charge in [-0.25, -0.2) is 9.59 Å². The molecular formula is C16H10N2O6. The first-order chi connectivity index (χ1) is 11.6. The van der Waals surface area contributed by atoms with E-state index in [1.165, 1.54) is 48.5 Å². The molecule has 0 spiro atoms. The molecule has 0 atom stereocenters. The van der Waals surface area contributed by atoms with Crippen molar-refractivity contribution >= 4 is 23.8 Å². The van der Waals surface area contributed by atoms with Crippen molar-refractivity contribution in [1.82, 2.24) is 11.0 Å². The molecule has 3 rings (SSSR count). The van der Waals surface area contributed by atoms with Gasteiger partial charge in [0, 0.05) is 0 Å². The maximum absolute atomic E-state index is 12.1. The van der Waals surface area contributed by atoms with Crippen LogP contribution in [-0.4, -0.2) is 23.8 Å². The summed E-state index contributed by atoms with van der Waals surface area (Å²) in [5, 5.41) is 0. The number of nitrogens with one attached hydrogen (secondary N) is 2. The van der Waals surface area contributed by atoms with E-state index in [9.17, 15) is 19.2 Å². The van der Waals surface area contributed by atoms with Gasteiger partial charge >= 0.3 is 11.9 Å². The largest absolute Gasteiger partial charge is 0.362 e. The second-order valence-corrected chi connectivity index (χ2v) is 4.77. The van der Waals surface area contributed by atoms with Gasteiger partial charge in [0.15, 0.2) is 0 Å². The Balaban J connectivity index is 2.01. The number of amides is 2. The van der Waals surface area contributed by atoms with Gasteiger partial charge in [-0.15, -0.1) is 0 Å². The van der Waals surface area contributed by atoms with Crippen LogP contribution in [0, 0.1) is 0 Å². The molecule has 0 fully saturated rings. The SMILES string of the molecule is O=C1ONC(=O)c2ccccc2C(=O)NOC(=O)c2cccc1c2. The van der Waals surface area contributed by atoms with Crippen LogP contribution in [0.4, 0.5) is 0 Å². The smallest absolute Gasteiger partial charge is 0.335 e. The molecule has 0 radical (unpaired) electrons. The van der Waals surface area contributed by atoms with Crippen molar-refractivity contribution in [1.29, 1.82) is 0 Å². The maximum Gasteiger partial charge on any atom is 0.362 e. The molecular weight excluding hydrogens is 316 g/mol. The second kappa shape index (κ2) is 6.21. The summed E-state index contributed by atoms with van der Waals surface area (Å²) in [5.74, 6) is -3.32. The highest BCUT2D eigenvalue weighted by Crippen LogP contribution is 2.12. The fraction of sp³-hybridized carbons (Fsp3) is 0. The molecule has 0 unspecified atom stereocenters. The van der Waals surface area contributed by atoms with Crippen molar-refractivity contribution < 1.29 is 28.9 Å². The zero-order valence-corrected chi connectivity index (χ0v) is 12.1. The van der Waals surface area contributed by atoms with E-state index in [4.69, 9.17) is 9.68 Å². The molecule has 2 bridgehead atoms. The molecule has 8 nitrogen and oxygen atoms in total. The third kappa shape index (κ3) is 2.93. The van der Waals surface area contributed by atoms with E-state index in [-0.39, 0.29) is 22.3 Å². The van der Waals surface area contributed by atoms with E-state index in [0.717, 1.165) is 0 Å². The summed E-state index contributed by atoms with van der Waals surface area (Å²) in [4.78, 5) is 57.5. The predicted molar refractivity (Wildman–Crippen MR) is 78.6 cm³/mol. The summed E-state index contributed by atoms with van der Waals surface area (Å²) < 4.78 is 0. The molecule has 120 valence electrons. The minimum absolute atomic E-state index is 0.0311. The molecule has 0 saturated heterocycles. The van der Waals surface area contributed by atoms with Gasteiger partial charge in [0.1, 0.15) is 0 Å². The quantitative estimate of drug-likeness (QED) is 0.747. The number of hydroxylamine groups is 2. The average Bonchev–Trinajstić information content (AvgIpc) is 2.63. The number of rotatable bonds is 0. The van der Waals surface area contributed by atoms with Crippen LogP contribution in [0.3, 0.4) is 0 Å². The Morgan fingerprint density at radius 2 is 1.08 bits per heavy atom. The lowest BCUT2D eigenvalue weighted by atomic mass is 10.1. The lowest BCUT2D eigenvalue weighted by molar-refractivity contribution is 0.0226. The van der Waals surface area contributed by atoms with Crippen LogP contribution >= 0.6 is 0 Å². The average molecular weight is 326 g/mol. The second-order valence-electron chi connectivity index (χ2n) is 4.77. The van der Waals surface area contributed by atoms with Gasteiger partial charge in [0.25, 0.3) is 11.8 Å². The van der Waals surface area contributed by atoms with Gasteiger partial charge in [0.2, 0.25) is 0 Å². The summed E-state index contributed by atoms with van der Waals surface area (Å²) in [6.07, 6.45) is 0. The van der Waals surface area contributed by atoms with Crippen LogP contribution in [0.15, 0.2) is 48.5 Å². The molecule has 2 aromatic rings. The Hall–Kier alpha value is -3.68. The topological polar surface area (TPSA) is 111 Å². The third-order valence-corrected chi connectivity index (χ3v) is 3.22. The minimum atomic E-state index is -0.867. The van der Waals surface area contributed by atoms with Crippen LogP contribution < -0.4 is 11.0 Å². The van der Waals surface area contributed by atoms with Gasteiger partial charge in [-0.3, -0.25) is 9.59 Å². The lowest BCUT2D eigenvalue weighted by Crippen LogP contribution is -2.31. The summed E-state index contributed by atoms with van der Waals surface area (Å²) in [6.45, 7) is 0. The number of fused-ring (bicyclic) bond motifs is 3. The van der Waals surface area contributed by atoms with Gasteiger partial charge in [-0.1, -0.05) is 18.2 Å². The van der Waals surface area contributed by atoms with Crippen molar-refractivity contribution in [3.8, 4) is 0 Å². The zero-order chi connectivity index (χ0) is 17.1. The highest BCUT2D eigenvalue weighted by atomic mass is 16.7. The molecule has 2 aromatic carbocycles. The molecule has 2 N–H and O–H groups in total. The van der Waals surface area contributed by atoms with Crippen molar-refractivity contribution in [2.45, 2.75) is 0 Å². The zero-order valence-electron chi connectivity index (χ0n) is 12.1. The summed E-state index contributed by atoms with van der Waals surface area (Å²) >= 11 is 0. The van der Waals surface area contributed by atoms with Crippen LogP contribution in [0.5, 0.6) is 0 Å². The molecule has 0 aromatic heterocycles.